The number of anilines is 1. The third-order valence-electron chi connectivity index (χ3n) is 3.31. The van der Waals surface area contributed by atoms with Crippen LogP contribution in [0.2, 0.25) is 0 Å². The fraction of sp³-hybridized carbons (Fsp3) is 0.200. The van der Waals surface area contributed by atoms with E-state index in [1.807, 2.05) is 33.2 Å². The van der Waals surface area contributed by atoms with Crippen LogP contribution in [-0.4, -0.2) is 19.1 Å². The van der Waals surface area contributed by atoms with E-state index in [9.17, 15) is 0 Å². The normalized spacial score (nSPS) is 11.1. The average molecular weight is 270 g/mol. The van der Waals surface area contributed by atoms with Crippen LogP contribution in [0.3, 0.4) is 0 Å². The monoisotopic (exact) mass is 270 g/mol. The van der Waals surface area contributed by atoms with Gasteiger partial charge < -0.3 is 5.73 Å². The first-order valence-electron chi connectivity index (χ1n) is 6.16. The second-order valence-corrected chi connectivity index (χ2v) is 5.96. The molecule has 3 rings (SSSR count). The Kier molecular flexibility index (Phi) is 2.75. The number of nitrogen functional groups attached to an aromatic ring is 1. The van der Waals surface area contributed by atoms with Crippen molar-refractivity contribution in [2.75, 3.05) is 19.8 Å². The molecule has 1 heterocycles. The maximum atomic E-state index is 6.17. The van der Waals surface area contributed by atoms with E-state index in [2.05, 4.69) is 22.8 Å². The molecule has 1 aromatic carbocycles. The third-order valence-corrected chi connectivity index (χ3v) is 4.49. The predicted molar refractivity (Wildman–Crippen MR) is 82.5 cm³/mol. The van der Waals surface area contributed by atoms with E-state index in [-0.39, 0.29) is 0 Å². The molecule has 1 aliphatic carbocycles. The summed E-state index contributed by atoms with van der Waals surface area (Å²) in [6.45, 7) is 2.03. The van der Waals surface area contributed by atoms with Crippen molar-refractivity contribution in [3.05, 3.63) is 41.3 Å². The van der Waals surface area contributed by atoms with Crippen molar-refractivity contribution in [1.29, 1.82) is 0 Å². The number of benzene rings is 2. The fourth-order valence-electron chi connectivity index (χ4n) is 2.08. The molecule has 0 saturated carbocycles. The molecule has 19 heavy (non-hydrogen) atoms. The largest absolute Gasteiger partial charge is 0.397 e. The number of fused-ring (bicyclic) bond motifs is 2. The van der Waals surface area contributed by atoms with Crippen LogP contribution >= 0.6 is 11.3 Å². The molecule has 0 radical (unpaired) electrons. The van der Waals surface area contributed by atoms with Gasteiger partial charge in [0.15, 0.2) is 0 Å². The highest BCUT2D eigenvalue weighted by Crippen LogP contribution is 2.33. The van der Waals surface area contributed by atoms with Crippen molar-refractivity contribution in [2.24, 2.45) is 0 Å². The molecule has 4 heteroatoms. The lowest BCUT2D eigenvalue weighted by molar-refractivity contribution is 0.814. The molecule has 0 spiro atoms. The number of hydrogen-bond acceptors (Lipinski definition) is 3. The molecule has 0 bridgehead atoms. The molecule has 0 unspecified atom stereocenters. The summed E-state index contributed by atoms with van der Waals surface area (Å²) in [7, 11) is 4.08. The zero-order valence-electron chi connectivity index (χ0n) is 11.3. The molecule has 3 nitrogen and oxygen atoms in total. The smallest absolute Gasteiger partial charge is 0.201 e. The van der Waals surface area contributed by atoms with Crippen molar-refractivity contribution in [3.63, 3.8) is 0 Å². The minimum atomic E-state index is 0.840. The van der Waals surface area contributed by atoms with Gasteiger partial charge in [0.2, 0.25) is 5.36 Å². The Morgan fingerprint density at radius 1 is 1.16 bits per heavy atom. The minimum absolute atomic E-state index is 0.840. The first kappa shape index (κ1) is 12.1. The number of aromatic nitrogens is 1. The van der Waals surface area contributed by atoms with E-state index in [0.717, 1.165) is 32.0 Å². The quantitative estimate of drug-likeness (QED) is 0.387. The lowest BCUT2D eigenvalue weighted by atomic mass is 10.2. The van der Waals surface area contributed by atoms with Crippen LogP contribution in [0.1, 0.15) is 5.56 Å². The molecular formula is C15H16N3S+. The van der Waals surface area contributed by atoms with Crippen LogP contribution < -0.4 is 15.7 Å². The fourth-order valence-corrected chi connectivity index (χ4v) is 3.18. The molecule has 2 N–H and O–H groups in total. The summed E-state index contributed by atoms with van der Waals surface area (Å²) in [5.74, 6) is 0. The van der Waals surface area contributed by atoms with Crippen molar-refractivity contribution in [2.45, 2.75) is 6.92 Å². The molecule has 0 aromatic heterocycles. The number of rotatable bonds is 0. The van der Waals surface area contributed by atoms with Gasteiger partial charge >= 0.3 is 0 Å². The summed E-state index contributed by atoms with van der Waals surface area (Å²) in [5, 5.41) is 1.18. The Labute approximate surface area is 116 Å². The Hall–Kier alpha value is -1.94. The van der Waals surface area contributed by atoms with Gasteiger partial charge in [0.25, 0.3) is 0 Å². The van der Waals surface area contributed by atoms with E-state index in [4.69, 9.17) is 10.7 Å². The molecule has 0 atom stereocenters. The summed E-state index contributed by atoms with van der Waals surface area (Å²) in [6, 6.07) is 10.4. The number of nitrogens with two attached hydrogens (primary N) is 1. The van der Waals surface area contributed by atoms with Crippen LogP contribution in [-0.2, 0) is 0 Å². The lowest BCUT2D eigenvalue weighted by Crippen LogP contribution is -2.21. The zero-order valence-corrected chi connectivity index (χ0v) is 12.1. The standard InChI is InChI=1S/C15H16N3S/c1-9-4-6-12-15(14(9)16)19-13-8-10(18(2)3)5-7-11(13)17-12/h4-8H,16H2,1-3H3/q+1. The predicted octanol–water partition coefficient (Wildman–Crippen LogP) is 2.32. The van der Waals surface area contributed by atoms with Gasteiger partial charge in [-0.05, 0) is 24.6 Å². The van der Waals surface area contributed by atoms with Gasteiger partial charge in [0, 0.05) is 12.1 Å². The molecule has 0 saturated heterocycles. The van der Waals surface area contributed by atoms with Gasteiger partial charge in [0.1, 0.15) is 14.1 Å². The van der Waals surface area contributed by atoms with Crippen LogP contribution in [0.15, 0.2) is 30.3 Å². The summed E-state index contributed by atoms with van der Waals surface area (Å²) in [6.07, 6.45) is 0. The van der Waals surface area contributed by atoms with Crippen molar-refractivity contribution >= 4 is 27.2 Å². The van der Waals surface area contributed by atoms with Gasteiger partial charge in [-0.2, -0.15) is 0 Å². The number of hydrogen-bond donors (Lipinski definition) is 1. The number of nitrogens with zero attached hydrogens (tertiary/aromatic N) is 2. The second-order valence-electron chi connectivity index (χ2n) is 4.90. The van der Waals surface area contributed by atoms with E-state index in [1.54, 1.807) is 11.3 Å². The van der Waals surface area contributed by atoms with E-state index < -0.39 is 0 Å². The first-order chi connectivity index (χ1) is 9.06. The van der Waals surface area contributed by atoms with E-state index in [1.165, 1.54) is 5.36 Å². The SMILES string of the molecule is Cc1ccc2nc3ccc(=[N+](C)C)cc-3sc2c1N. The Morgan fingerprint density at radius 2 is 1.95 bits per heavy atom. The van der Waals surface area contributed by atoms with Gasteiger partial charge in [-0.15, -0.1) is 11.3 Å². The summed E-state index contributed by atoms with van der Waals surface area (Å²) in [4.78, 5) is 5.85. The molecule has 1 aliphatic heterocycles. The van der Waals surface area contributed by atoms with Crippen LogP contribution in [0.5, 0.6) is 0 Å². The summed E-state index contributed by atoms with van der Waals surface area (Å²) in [5.41, 5.74) is 10.1. The first-order valence-corrected chi connectivity index (χ1v) is 6.98. The van der Waals surface area contributed by atoms with Crippen molar-refractivity contribution in [1.82, 2.24) is 9.56 Å². The van der Waals surface area contributed by atoms with Crippen LogP contribution in [0.25, 0.3) is 20.8 Å². The topological polar surface area (TPSA) is 41.9 Å². The third kappa shape index (κ3) is 1.98. The van der Waals surface area contributed by atoms with Gasteiger partial charge in [0.05, 0.1) is 26.5 Å². The summed E-state index contributed by atoms with van der Waals surface area (Å²) < 4.78 is 3.17. The lowest BCUT2D eigenvalue weighted by Gasteiger charge is -2.08. The highest BCUT2D eigenvalue weighted by molar-refractivity contribution is 7.22. The molecule has 1 aromatic rings. The zero-order chi connectivity index (χ0) is 13.6. The Balaban J connectivity index is 2.45. The highest BCUT2D eigenvalue weighted by Gasteiger charge is 2.11. The van der Waals surface area contributed by atoms with Crippen molar-refractivity contribution < 1.29 is 0 Å². The van der Waals surface area contributed by atoms with Crippen molar-refractivity contribution in [3.8, 4) is 10.6 Å². The molecule has 2 aliphatic rings. The van der Waals surface area contributed by atoms with Crippen LogP contribution in [0.4, 0.5) is 5.69 Å². The van der Waals surface area contributed by atoms with Crippen LogP contribution in [0, 0.1) is 6.92 Å². The Bertz CT molecular complexity index is 813. The second kappa shape index (κ2) is 4.31. The van der Waals surface area contributed by atoms with Gasteiger partial charge in [-0.3, -0.25) is 0 Å². The average Bonchev–Trinajstić information content (AvgIpc) is 2.41. The molecule has 0 amide bonds. The maximum Gasteiger partial charge on any atom is 0.201 e. The van der Waals surface area contributed by atoms with E-state index >= 15 is 0 Å². The minimum Gasteiger partial charge on any atom is -0.397 e. The molecule has 0 fully saturated rings. The maximum absolute atomic E-state index is 6.17. The number of aryl methyl sites for hydroxylation is 1. The van der Waals surface area contributed by atoms with E-state index in [0.29, 0.717) is 0 Å². The summed E-state index contributed by atoms with van der Waals surface area (Å²) >= 11 is 1.71. The Morgan fingerprint density at radius 3 is 2.68 bits per heavy atom. The van der Waals surface area contributed by atoms with Gasteiger partial charge in [-0.25, -0.2) is 9.56 Å². The highest BCUT2D eigenvalue weighted by atomic mass is 32.1. The molecular weight excluding hydrogens is 254 g/mol. The van der Waals surface area contributed by atoms with Gasteiger partial charge in [-0.1, -0.05) is 6.07 Å². The molecule has 96 valence electrons.